The summed E-state index contributed by atoms with van der Waals surface area (Å²) in [5.74, 6) is 0.342. The zero-order valence-corrected chi connectivity index (χ0v) is 13.7. The van der Waals surface area contributed by atoms with Gasteiger partial charge in [0.1, 0.15) is 5.82 Å². The Kier molecular flexibility index (Phi) is 6.89. The molecule has 1 aromatic rings. The topological polar surface area (TPSA) is 29.3 Å². The maximum absolute atomic E-state index is 13.8. The fraction of sp³-hybridized carbons (Fsp3) is 0.500. The molecule has 1 rings (SSSR count). The van der Waals surface area contributed by atoms with Crippen LogP contribution in [-0.4, -0.2) is 23.0 Å². The summed E-state index contributed by atoms with van der Waals surface area (Å²) in [5, 5.41) is 0. The second-order valence-electron chi connectivity index (χ2n) is 5.08. The number of hydrogen-bond donors (Lipinski definition) is 1. The van der Waals surface area contributed by atoms with Gasteiger partial charge in [0, 0.05) is 36.1 Å². The molecule has 1 aromatic carbocycles. The van der Waals surface area contributed by atoms with Crippen LogP contribution in [0.3, 0.4) is 0 Å². The number of nitrogens with two attached hydrogens (primary N) is 1. The molecule has 0 saturated carbocycles. The van der Waals surface area contributed by atoms with Crippen molar-refractivity contribution < 1.29 is 4.39 Å². The Balaban J connectivity index is 2.74. The lowest BCUT2D eigenvalue weighted by Gasteiger charge is -2.24. The van der Waals surface area contributed by atoms with Crippen molar-refractivity contribution in [3.8, 4) is 0 Å². The summed E-state index contributed by atoms with van der Waals surface area (Å²) < 4.78 is 14.7. The molecule has 106 valence electrons. The minimum Gasteiger partial charge on any atom is -0.393 e. The van der Waals surface area contributed by atoms with Crippen LogP contribution < -0.4 is 5.73 Å². The van der Waals surface area contributed by atoms with Gasteiger partial charge in [0.05, 0.1) is 4.99 Å². The molecule has 5 heteroatoms. The van der Waals surface area contributed by atoms with Gasteiger partial charge in [-0.25, -0.2) is 4.39 Å². The molecule has 0 aliphatic heterocycles. The van der Waals surface area contributed by atoms with Gasteiger partial charge in [-0.3, -0.25) is 4.90 Å². The maximum atomic E-state index is 13.8. The summed E-state index contributed by atoms with van der Waals surface area (Å²) in [6.07, 6.45) is 0.664. The average molecular weight is 347 g/mol. The standard InChI is InChI=1S/C14H20BrFN2S/c1-10(2)8-18(6-5-14(17)19)9-11-7-12(15)3-4-13(11)16/h3-4,7,10H,5-6,8-9H2,1-2H3,(H2,17,19). The van der Waals surface area contributed by atoms with Gasteiger partial charge in [0.15, 0.2) is 0 Å². The van der Waals surface area contributed by atoms with Crippen LogP contribution in [0.4, 0.5) is 4.39 Å². The predicted molar refractivity (Wildman–Crippen MR) is 85.6 cm³/mol. The van der Waals surface area contributed by atoms with Gasteiger partial charge in [-0.1, -0.05) is 42.0 Å². The maximum Gasteiger partial charge on any atom is 0.127 e. The van der Waals surface area contributed by atoms with Gasteiger partial charge in [-0.2, -0.15) is 0 Å². The molecule has 19 heavy (non-hydrogen) atoms. The van der Waals surface area contributed by atoms with Crippen LogP contribution in [0, 0.1) is 11.7 Å². The van der Waals surface area contributed by atoms with Crippen LogP contribution in [0.15, 0.2) is 22.7 Å². The Morgan fingerprint density at radius 2 is 2.16 bits per heavy atom. The van der Waals surface area contributed by atoms with Crippen molar-refractivity contribution >= 4 is 33.1 Å². The molecule has 0 unspecified atom stereocenters. The lowest BCUT2D eigenvalue weighted by atomic mass is 10.1. The molecule has 0 aromatic heterocycles. The van der Waals surface area contributed by atoms with Crippen molar-refractivity contribution in [3.05, 3.63) is 34.1 Å². The van der Waals surface area contributed by atoms with Crippen LogP contribution in [-0.2, 0) is 6.54 Å². The molecular formula is C14H20BrFN2S. The molecular weight excluding hydrogens is 327 g/mol. The molecule has 0 bridgehead atoms. The van der Waals surface area contributed by atoms with Crippen molar-refractivity contribution in [3.63, 3.8) is 0 Å². The summed E-state index contributed by atoms with van der Waals surface area (Å²) in [6.45, 7) is 6.52. The van der Waals surface area contributed by atoms with Gasteiger partial charge < -0.3 is 5.73 Å². The normalized spacial score (nSPS) is 11.3. The molecule has 0 aliphatic carbocycles. The first-order valence-corrected chi connectivity index (χ1v) is 7.53. The monoisotopic (exact) mass is 346 g/mol. The summed E-state index contributed by atoms with van der Waals surface area (Å²) in [4.78, 5) is 2.69. The van der Waals surface area contributed by atoms with Gasteiger partial charge >= 0.3 is 0 Å². The van der Waals surface area contributed by atoms with Crippen LogP contribution >= 0.6 is 28.1 Å². The first-order valence-electron chi connectivity index (χ1n) is 6.33. The first kappa shape index (κ1) is 16.5. The SMILES string of the molecule is CC(C)CN(CCC(N)=S)Cc1cc(Br)ccc1F. The highest BCUT2D eigenvalue weighted by molar-refractivity contribution is 9.10. The number of benzene rings is 1. The Hall–Kier alpha value is -0.520. The van der Waals surface area contributed by atoms with Crippen LogP contribution in [0.1, 0.15) is 25.8 Å². The van der Waals surface area contributed by atoms with Crippen LogP contribution in [0.2, 0.25) is 0 Å². The third-order valence-corrected chi connectivity index (χ3v) is 3.40. The second-order valence-corrected chi connectivity index (χ2v) is 6.52. The molecule has 0 spiro atoms. The highest BCUT2D eigenvalue weighted by atomic mass is 79.9. The Labute approximate surface area is 128 Å². The van der Waals surface area contributed by atoms with E-state index in [0.29, 0.717) is 29.4 Å². The largest absolute Gasteiger partial charge is 0.393 e. The van der Waals surface area contributed by atoms with E-state index in [1.54, 1.807) is 6.07 Å². The highest BCUT2D eigenvalue weighted by Gasteiger charge is 2.12. The fourth-order valence-electron chi connectivity index (χ4n) is 1.92. The average Bonchev–Trinajstić information content (AvgIpc) is 2.30. The van der Waals surface area contributed by atoms with E-state index in [0.717, 1.165) is 17.6 Å². The van der Waals surface area contributed by atoms with Crippen LogP contribution in [0.25, 0.3) is 0 Å². The van der Waals surface area contributed by atoms with Crippen molar-refractivity contribution in [1.82, 2.24) is 4.90 Å². The molecule has 0 heterocycles. The van der Waals surface area contributed by atoms with E-state index in [9.17, 15) is 4.39 Å². The number of rotatable bonds is 7. The summed E-state index contributed by atoms with van der Waals surface area (Å²) in [6, 6.07) is 5.02. The molecule has 0 saturated heterocycles. The predicted octanol–water partition coefficient (Wildman–Crippen LogP) is 3.72. The van der Waals surface area contributed by atoms with Gasteiger partial charge in [0.2, 0.25) is 0 Å². The van der Waals surface area contributed by atoms with E-state index < -0.39 is 0 Å². The van der Waals surface area contributed by atoms with Gasteiger partial charge in [-0.05, 0) is 24.1 Å². The van der Waals surface area contributed by atoms with Crippen LogP contribution in [0.5, 0.6) is 0 Å². The zero-order chi connectivity index (χ0) is 14.4. The van der Waals surface area contributed by atoms with Gasteiger partial charge in [0.25, 0.3) is 0 Å². The van der Waals surface area contributed by atoms with E-state index in [2.05, 4.69) is 34.7 Å². The van der Waals surface area contributed by atoms with E-state index >= 15 is 0 Å². The fourth-order valence-corrected chi connectivity index (χ4v) is 2.42. The Bertz CT molecular complexity index is 437. The third kappa shape index (κ3) is 6.45. The third-order valence-electron chi connectivity index (χ3n) is 2.70. The second kappa shape index (κ2) is 7.92. The van der Waals surface area contributed by atoms with E-state index in [1.807, 2.05) is 6.07 Å². The number of hydrogen-bond acceptors (Lipinski definition) is 2. The lowest BCUT2D eigenvalue weighted by Crippen LogP contribution is -2.31. The Morgan fingerprint density at radius 1 is 1.47 bits per heavy atom. The van der Waals surface area contributed by atoms with E-state index in [4.69, 9.17) is 18.0 Å². The lowest BCUT2D eigenvalue weighted by molar-refractivity contribution is 0.239. The number of thiocarbonyl (C=S) groups is 1. The smallest absolute Gasteiger partial charge is 0.127 e. The quantitative estimate of drug-likeness (QED) is 0.763. The van der Waals surface area contributed by atoms with Crippen molar-refractivity contribution in [2.45, 2.75) is 26.8 Å². The van der Waals surface area contributed by atoms with E-state index in [1.165, 1.54) is 6.07 Å². The number of halogens is 2. The highest BCUT2D eigenvalue weighted by Crippen LogP contribution is 2.18. The van der Waals surface area contributed by atoms with Crippen molar-refractivity contribution in [1.29, 1.82) is 0 Å². The van der Waals surface area contributed by atoms with Crippen molar-refractivity contribution in [2.75, 3.05) is 13.1 Å². The molecule has 0 atom stereocenters. The van der Waals surface area contributed by atoms with Crippen molar-refractivity contribution in [2.24, 2.45) is 11.7 Å². The minimum absolute atomic E-state index is 0.174. The molecule has 0 aliphatic rings. The molecule has 0 fully saturated rings. The Morgan fingerprint density at radius 3 is 2.74 bits per heavy atom. The molecule has 0 radical (unpaired) electrons. The summed E-state index contributed by atoms with van der Waals surface area (Å²) in [7, 11) is 0. The molecule has 0 amide bonds. The zero-order valence-electron chi connectivity index (χ0n) is 11.3. The minimum atomic E-state index is -0.174. The molecule has 2 nitrogen and oxygen atoms in total. The summed E-state index contributed by atoms with van der Waals surface area (Å²) >= 11 is 8.28. The van der Waals surface area contributed by atoms with Gasteiger partial charge in [-0.15, -0.1) is 0 Å². The number of nitrogens with zero attached hydrogens (tertiary/aromatic N) is 1. The molecule has 2 N–H and O–H groups in total. The van der Waals surface area contributed by atoms with E-state index in [-0.39, 0.29) is 5.82 Å². The summed E-state index contributed by atoms with van der Waals surface area (Å²) in [5.41, 5.74) is 6.23. The first-order chi connectivity index (χ1) is 8.88.